The van der Waals surface area contributed by atoms with E-state index in [1.165, 1.54) is 4.90 Å². The smallest absolute Gasteiger partial charge is 0.295 e. The number of ether oxygens (including phenoxy) is 1. The number of hydrogen-bond acceptors (Lipinski definition) is 7. The van der Waals surface area contributed by atoms with Gasteiger partial charge in [0.2, 0.25) is 0 Å². The monoisotopic (exact) mass is 472 g/mol. The lowest BCUT2D eigenvalue weighted by molar-refractivity contribution is -0.117. The van der Waals surface area contributed by atoms with Gasteiger partial charge in [-0.3, -0.25) is 14.5 Å². The van der Waals surface area contributed by atoms with Crippen molar-refractivity contribution < 1.29 is 19.4 Å². The highest BCUT2D eigenvalue weighted by Crippen LogP contribution is 2.41. The first kappa shape index (κ1) is 24.1. The lowest BCUT2D eigenvalue weighted by Crippen LogP contribution is -2.32. The van der Waals surface area contributed by atoms with Crippen LogP contribution in [0, 0.1) is 13.8 Å². The third kappa shape index (κ3) is 5.07. The van der Waals surface area contributed by atoms with Crippen molar-refractivity contribution in [2.75, 3.05) is 32.1 Å². The number of rotatable bonds is 8. The molecule has 1 aromatic heterocycles. The number of aliphatic hydroxyl groups is 1. The van der Waals surface area contributed by atoms with Crippen molar-refractivity contribution in [2.24, 2.45) is 0 Å². The Bertz CT molecular complexity index is 1250. The molecule has 1 N–H and O–H groups in total. The van der Waals surface area contributed by atoms with Crippen LogP contribution in [0.25, 0.3) is 0 Å². The van der Waals surface area contributed by atoms with Crippen molar-refractivity contribution in [3.05, 3.63) is 94.4 Å². The summed E-state index contributed by atoms with van der Waals surface area (Å²) in [6.45, 7) is 5.01. The highest BCUT2D eigenvalue weighted by atomic mass is 16.5. The van der Waals surface area contributed by atoms with Gasteiger partial charge >= 0.3 is 0 Å². The second-order valence-electron chi connectivity index (χ2n) is 8.79. The van der Waals surface area contributed by atoms with Gasteiger partial charge in [-0.15, -0.1) is 5.10 Å². The number of ketones is 1. The van der Waals surface area contributed by atoms with E-state index in [1.807, 2.05) is 38.1 Å². The number of Topliss-reactive ketones (excluding diaryl/α,β-unsaturated/α-hetero) is 1. The van der Waals surface area contributed by atoms with Crippen LogP contribution < -0.4 is 9.64 Å². The van der Waals surface area contributed by atoms with Gasteiger partial charge in [0.1, 0.15) is 12.4 Å². The molecule has 0 fully saturated rings. The zero-order valence-electron chi connectivity index (χ0n) is 20.2. The summed E-state index contributed by atoms with van der Waals surface area (Å²) in [5.74, 6) is -0.796. The molecule has 1 unspecified atom stereocenters. The van der Waals surface area contributed by atoms with E-state index in [0.29, 0.717) is 29.2 Å². The van der Waals surface area contributed by atoms with E-state index in [1.54, 1.807) is 55.5 Å². The summed E-state index contributed by atoms with van der Waals surface area (Å²) in [5, 5.41) is 19.1. The Morgan fingerprint density at radius 2 is 1.69 bits per heavy atom. The number of nitrogens with zero attached hydrogens (tertiary/aromatic N) is 4. The molecular weight excluding hydrogens is 444 g/mol. The molecule has 1 aliphatic heterocycles. The summed E-state index contributed by atoms with van der Waals surface area (Å²) in [6.07, 6.45) is 0. The van der Waals surface area contributed by atoms with Crippen LogP contribution in [0.1, 0.15) is 33.2 Å². The second-order valence-corrected chi connectivity index (χ2v) is 8.79. The minimum Gasteiger partial charge on any atom is -0.503 e. The number of benzene rings is 2. The summed E-state index contributed by atoms with van der Waals surface area (Å²) >= 11 is 0. The van der Waals surface area contributed by atoms with Gasteiger partial charge in [-0.05, 0) is 57.8 Å². The van der Waals surface area contributed by atoms with Crippen molar-refractivity contribution in [3.63, 3.8) is 0 Å². The Balaban J connectivity index is 1.74. The van der Waals surface area contributed by atoms with Gasteiger partial charge in [0, 0.05) is 12.1 Å². The molecule has 0 radical (unpaired) electrons. The van der Waals surface area contributed by atoms with Crippen molar-refractivity contribution in [1.82, 2.24) is 15.1 Å². The highest BCUT2D eigenvalue weighted by Gasteiger charge is 2.45. The summed E-state index contributed by atoms with van der Waals surface area (Å²) in [6, 6.07) is 16.7. The molecule has 0 saturated carbocycles. The first-order chi connectivity index (χ1) is 16.8. The molecule has 0 saturated heterocycles. The van der Waals surface area contributed by atoms with E-state index < -0.39 is 23.5 Å². The van der Waals surface area contributed by atoms with E-state index in [4.69, 9.17) is 4.74 Å². The Morgan fingerprint density at radius 1 is 1.00 bits per heavy atom. The fraction of sp³-hybridized carbons (Fsp3) is 0.259. The Morgan fingerprint density at radius 3 is 2.29 bits per heavy atom. The molecule has 3 aromatic rings. The van der Waals surface area contributed by atoms with Crippen LogP contribution in [-0.4, -0.2) is 59.1 Å². The molecule has 2 aromatic carbocycles. The molecule has 8 heteroatoms. The average molecular weight is 473 g/mol. The van der Waals surface area contributed by atoms with E-state index in [9.17, 15) is 14.7 Å². The first-order valence-electron chi connectivity index (χ1n) is 11.3. The second kappa shape index (κ2) is 10.1. The molecule has 0 spiro atoms. The Kier molecular flexibility index (Phi) is 6.93. The molecular formula is C27H28N4O4. The van der Waals surface area contributed by atoms with Crippen LogP contribution in [0.15, 0.2) is 72.0 Å². The third-order valence-corrected chi connectivity index (χ3v) is 5.80. The lowest BCUT2D eigenvalue weighted by Gasteiger charge is -2.25. The first-order valence-corrected chi connectivity index (χ1v) is 11.3. The SMILES string of the molecule is Cc1ccc(C(=O)C2=C(O)C(=O)N(c3ccc(C)nn3)C2c2ccc(OCCN(C)C)cc2)cc1. The molecule has 0 aliphatic carbocycles. The van der Waals surface area contributed by atoms with Gasteiger partial charge in [-0.1, -0.05) is 42.0 Å². The number of carbonyl (C=O) groups is 2. The molecule has 1 aliphatic rings. The molecule has 35 heavy (non-hydrogen) atoms. The van der Waals surface area contributed by atoms with Gasteiger partial charge in [-0.2, -0.15) is 5.10 Å². The molecule has 2 heterocycles. The molecule has 1 atom stereocenters. The third-order valence-electron chi connectivity index (χ3n) is 5.80. The van der Waals surface area contributed by atoms with Gasteiger partial charge in [-0.25, -0.2) is 0 Å². The number of aliphatic hydroxyl groups excluding tert-OH is 1. The van der Waals surface area contributed by atoms with E-state index >= 15 is 0 Å². The Hall–Kier alpha value is -4.04. The zero-order valence-corrected chi connectivity index (χ0v) is 20.2. The largest absolute Gasteiger partial charge is 0.503 e. The predicted molar refractivity (Wildman–Crippen MR) is 133 cm³/mol. The van der Waals surface area contributed by atoms with Crippen LogP contribution in [0.3, 0.4) is 0 Å². The number of anilines is 1. The standard InChI is InChI=1S/C27H28N4O4/c1-17-5-8-20(9-6-17)25(32)23-24(19-10-12-21(13-11-19)35-16-15-30(3)4)31(27(34)26(23)33)22-14-7-18(2)28-29-22/h5-14,24,33H,15-16H2,1-4H3. The normalized spacial score (nSPS) is 15.7. The van der Waals surface area contributed by atoms with Crippen LogP contribution in [0.4, 0.5) is 5.82 Å². The summed E-state index contributed by atoms with van der Waals surface area (Å²) in [7, 11) is 3.94. The minimum atomic E-state index is -0.871. The van der Waals surface area contributed by atoms with Crippen molar-refractivity contribution in [3.8, 4) is 5.75 Å². The maximum Gasteiger partial charge on any atom is 0.295 e. The summed E-state index contributed by atoms with van der Waals surface area (Å²) < 4.78 is 5.78. The number of carbonyl (C=O) groups excluding carboxylic acids is 2. The van der Waals surface area contributed by atoms with Gasteiger partial charge in [0.25, 0.3) is 5.91 Å². The topological polar surface area (TPSA) is 95.9 Å². The lowest BCUT2D eigenvalue weighted by atomic mass is 9.92. The number of likely N-dealkylation sites (N-methyl/N-ethyl adjacent to an activating group) is 1. The summed E-state index contributed by atoms with van der Waals surface area (Å²) in [5.41, 5.74) is 2.71. The average Bonchev–Trinajstić information content (AvgIpc) is 3.10. The van der Waals surface area contributed by atoms with E-state index in [2.05, 4.69) is 10.2 Å². The molecule has 4 rings (SSSR count). The van der Waals surface area contributed by atoms with Crippen LogP contribution in [0.2, 0.25) is 0 Å². The summed E-state index contributed by atoms with van der Waals surface area (Å²) in [4.78, 5) is 30.1. The quantitative estimate of drug-likeness (QED) is 0.498. The van der Waals surface area contributed by atoms with E-state index in [-0.39, 0.29) is 11.4 Å². The maximum atomic E-state index is 13.5. The molecule has 8 nitrogen and oxygen atoms in total. The maximum absolute atomic E-state index is 13.5. The number of aryl methyl sites for hydroxylation is 2. The molecule has 180 valence electrons. The number of aromatic nitrogens is 2. The van der Waals surface area contributed by atoms with Crippen LogP contribution >= 0.6 is 0 Å². The zero-order chi connectivity index (χ0) is 25.1. The number of amides is 1. The van der Waals surface area contributed by atoms with Crippen molar-refractivity contribution in [2.45, 2.75) is 19.9 Å². The van der Waals surface area contributed by atoms with Crippen LogP contribution in [-0.2, 0) is 4.79 Å². The highest BCUT2D eigenvalue weighted by molar-refractivity contribution is 6.20. The Labute approximate surface area is 204 Å². The van der Waals surface area contributed by atoms with E-state index in [0.717, 1.165) is 12.1 Å². The van der Waals surface area contributed by atoms with Crippen molar-refractivity contribution >= 4 is 17.5 Å². The van der Waals surface area contributed by atoms with Crippen molar-refractivity contribution in [1.29, 1.82) is 0 Å². The fourth-order valence-electron chi connectivity index (χ4n) is 3.86. The van der Waals surface area contributed by atoms with Crippen LogP contribution in [0.5, 0.6) is 5.75 Å². The van der Waals surface area contributed by atoms with Gasteiger partial charge in [0.15, 0.2) is 17.4 Å². The fourth-order valence-corrected chi connectivity index (χ4v) is 3.86. The minimum absolute atomic E-state index is 0.00232. The van der Waals surface area contributed by atoms with Gasteiger partial charge in [0.05, 0.1) is 17.3 Å². The molecule has 0 bridgehead atoms. The molecule has 1 amide bonds. The van der Waals surface area contributed by atoms with Gasteiger partial charge < -0.3 is 14.7 Å². The number of hydrogen-bond donors (Lipinski definition) is 1. The predicted octanol–water partition coefficient (Wildman–Crippen LogP) is 3.82.